The molecule has 78 valence electrons. The first kappa shape index (κ1) is 11.0. The van der Waals surface area contributed by atoms with Gasteiger partial charge in [-0.1, -0.05) is 18.2 Å². The number of benzene rings is 1. The molecule has 0 saturated carbocycles. The zero-order chi connectivity index (χ0) is 11.3. The van der Waals surface area contributed by atoms with Gasteiger partial charge in [-0.2, -0.15) is 10.2 Å². The molecule has 1 amide bonds. The number of amides is 1. The molecule has 0 heterocycles. The minimum Gasteiger partial charge on any atom is -0.367 e. The van der Waals surface area contributed by atoms with Crippen molar-refractivity contribution in [2.45, 2.75) is 13.0 Å². The number of primary amides is 1. The largest absolute Gasteiger partial charge is 0.367 e. The summed E-state index contributed by atoms with van der Waals surface area (Å²) in [5.74, 6) is -1.20. The first-order valence-electron chi connectivity index (χ1n) is 4.37. The lowest BCUT2D eigenvalue weighted by Crippen LogP contribution is -2.32. The summed E-state index contributed by atoms with van der Waals surface area (Å²) in [6, 6.07) is 7.62. The maximum atomic E-state index is 11.0. The minimum absolute atomic E-state index is 0.415. The van der Waals surface area contributed by atoms with Crippen molar-refractivity contribution >= 4 is 17.4 Å². The lowest BCUT2D eigenvalue weighted by atomic mass is 10.2. The average molecular weight is 205 g/mol. The number of ketones is 1. The Hall–Kier alpha value is -2.04. The molecule has 1 unspecified atom stereocenters. The van der Waals surface area contributed by atoms with Crippen LogP contribution in [0, 0.1) is 0 Å². The maximum Gasteiger partial charge on any atom is 0.251 e. The van der Waals surface area contributed by atoms with Crippen LogP contribution in [0.4, 0.5) is 5.69 Å². The van der Waals surface area contributed by atoms with Gasteiger partial charge in [0, 0.05) is 0 Å². The molecule has 0 radical (unpaired) electrons. The monoisotopic (exact) mass is 205 g/mol. The fourth-order valence-corrected chi connectivity index (χ4v) is 0.958. The van der Waals surface area contributed by atoms with Gasteiger partial charge in [0.05, 0.1) is 5.69 Å². The Morgan fingerprint density at radius 3 is 2.33 bits per heavy atom. The van der Waals surface area contributed by atoms with Gasteiger partial charge < -0.3 is 5.73 Å². The minimum atomic E-state index is -1.19. The van der Waals surface area contributed by atoms with E-state index in [1.165, 1.54) is 6.92 Å². The predicted octanol–water partition coefficient (Wildman–Crippen LogP) is 1.21. The van der Waals surface area contributed by atoms with Crippen molar-refractivity contribution in [2.75, 3.05) is 0 Å². The number of nitrogens with zero attached hydrogens (tertiary/aromatic N) is 2. The van der Waals surface area contributed by atoms with Crippen LogP contribution in [-0.2, 0) is 9.59 Å². The molecule has 5 heteroatoms. The smallest absolute Gasteiger partial charge is 0.251 e. The molecule has 0 aliphatic heterocycles. The third kappa shape index (κ3) is 3.30. The van der Waals surface area contributed by atoms with Gasteiger partial charge in [-0.3, -0.25) is 9.59 Å². The quantitative estimate of drug-likeness (QED) is 0.591. The third-order valence-corrected chi connectivity index (χ3v) is 1.70. The van der Waals surface area contributed by atoms with Crippen molar-refractivity contribution in [3.8, 4) is 0 Å². The Kier molecular flexibility index (Phi) is 3.68. The number of rotatable bonds is 4. The van der Waals surface area contributed by atoms with Gasteiger partial charge >= 0.3 is 0 Å². The molecule has 15 heavy (non-hydrogen) atoms. The van der Waals surface area contributed by atoms with Crippen LogP contribution < -0.4 is 5.73 Å². The van der Waals surface area contributed by atoms with Crippen LogP contribution >= 0.6 is 0 Å². The van der Waals surface area contributed by atoms with Crippen LogP contribution in [0.25, 0.3) is 0 Å². The molecule has 0 aromatic heterocycles. The highest BCUT2D eigenvalue weighted by atomic mass is 16.2. The molecule has 0 aliphatic carbocycles. The molecule has 1 aromatic rings. The van der Waals surface area contributed by atoms with Crippen LogP contribution in [-0.4, -0.2) is 17.7 Å². The van der Waals surface area contributed by atoms with Gasteiger partial charge in [0.15, 0.2) is 5.78 Å². The van der Waals surface area contributed by atoms with Crippen molar-refractivity contribution in [2.24, 2.45) is 16.0 Å². The van der Waals surface area contributed by atoms with Gasteiger partial charge in [-0.15, -0.1) is 0 Å². The summed E-state index contributed by atoms with van der Waals surface area (Å²) in [6.07, 6.45) is 0. The van der Waals surface area contributed by atoms with E-state index in [1.807, 2.05) is 6.07 Å². The highest BCUT2D eigenvalue weighted by Crippen LogP contribution is 2.11. The number of azo groups is 1. The first-order chi connectivity index (χ1) is 7.11. The van der Waals surface area contributed by atoms with E-state index in [0.29, 0.717) is 5.69 Å². The van der Waals surface area contributed by atoms with Crippen LogP contribution in [0.2, 0.25) is 0 Å². The molecule has 0 saturated heterocycles. The molecule has 2 N–H and O–H groups in total. The molecule has 1 rings (SSSR count). The van der Waals surface area contributed by atoms with Crippen molar-refractivity contribution in [3.05, 3.63) is 30.3 Å². The second kappa shape index (κ2) is 4.99. The Labute approximate surface area is 87.0 Å². The number of Topliss-reactive ketones (excluding diaryl/α,β-unsaturated/α-hetero) is 1. The summed E-state index contributed by atoms with van der Waals surface area (Å²) in [5, 5.41) is 7.35. The summed E-state index contributed by atoms with van der Waals surface area (Å²) >= 11 is 0. The Balaban J connectivity index is 2.79. The Bertz CT molecular complexity index is 373. The summed E-state index contributed by atoms with van der Waals surface area (Å²) < 4.78 is 0. The SMILES string of the molecule is CC(=O)C(N=Nc1ccccc1)C(N)=O. The predicted molar refractivity (Wildman–Crippen MR) is 54.6 cm³/mol. The fraction of sp³-hybridized carbons (Fsp3) is 0.200. The van der Waals surface area contributed by atoms with E-state index in [-0.39, 0.29) is 0 Å². The van der Waals surface area contributed by atoms with E-state index >= 15 is 0 Å². The van der Waals surface area contributed by atoms with Gasteiger partial charge in [-0.05, 0) is 19.1 Å². The van der Waals surface area contributed by atoms with Crippen LogP contribution in [0.15, 0.2) is 40.6 Å². The number of carbonyl (C=O) groups is 2. The summed E-state index contributed by atoms with van der Waals surface area (Å²) in [4.78, 5) is 21.8. The van der Waals surface area contributed by atoms with E-state index in [0.717, 1.165) is 0 Å². The van der Waals surface area contributed by atoms with Crippen molar-refractivity contribution < 1.29 is 9.59 Å². The first-order valence-corrected chi connectivity index (χ1v) is 4.37. The Morgan fingerprint density at radius 2 is 1.87 bits per heavy atom. The van der Waals surface area contributed by atoms with Crippen molar-refractivity contribution in [1.82, 2.24) is 0 Å². The van der Waals surface area contributed by atoms with Gasteiger partial charge in [-0.25, -0.2) is 0 Å². The van der Waals surface area contributed by atoms with Crippen molar-refractivity contribution in [1.29, 1.82) is 0 Å². The van der Waals surface area contributed by atoms with E-state index in [4.69, 9.17) is 5.73 Å². The topological polar surface area (TPSA) is 84.9 Å². The zero-order valence-corrected chi connectivity index (χ0v) is 8.25. The number of carbonyl (C=O) groups excluding carboxylic acids is 2. The highest BCUT2D eigenvalue weighted by Gasteiger charge is 2.19. The van der Waals surface area contributed by atoms with E-state index in [9.17, 15) is 9.59 Å². The lowest BCUT2D eigenvalue weighted by Gasteiger charge is -2.00. The van der Waals surface area contributed by atoms with Crippen LogP contribution in [0.1, 0.15) is 6.92 Å². The molecule has 0 bridgehead atoms. The highest BCUT2D eigenvalue weighted by molar-refractivity contribution is 6.03. The van der Waals surface area contributed by atoms with E-state index in [2.05, 4.69) is 10.2 Å². The third-order valence-electron chi connectivity index (χ3n) is 1.70. The molecular weight excluding hydrogens is 194 g/mol. The fourth-order valence-electron chi connectivity index (χ4n) is 0.958. The molecule has 0 fully saturated rings. The molecular formula is C10H11N3O2. The Morgan fingerprint density at radius 1 is 1.27 bits per heavy atom. The maximum absolute atomic E-state index is 11.0. The summed E-state index contributed by atoms with van der Waals surface area (Å²) in [7, 11) is 0. The lowest BCUT2D eigenvalue weighted by molar-refractivity contribution is -0.127. The number of hydrogen-bond acceptors (Lipinski definition) is 4. The van der Waals surface area contributed by atoms with Gasteiger partial charge in [0.2, 0.25) is 6.04 Å². The number of hydrogen-bond donors (Lipinski definition) is 1. The normalized spacial score (nSPS) is 12.6. The molecule has 0 spiro atoms. The number of nitrogens with two attached hydrogens (primary N) is 1. The van der Waals surface area contributed by atoms with Crippen molar-refractivity contribution in [3.63, 3.8) is 0 Å². The van der Waals surface area contributed by atoms with E-state index < -0.39 is 17.7 Å². The van der Waals surface area contributed by atoms with Crippen LogP contribution in [0.3, 0.4) is 0 Å². The standard InChI is InChI=1S/C10H11N3O2/c1-7(14)9(10(11)15)13-12-8-5-3-2-4-6-8/h2-6,9H,1H3,(H2,11,15). The average Bonchev–Trinajstić information content (AvgIpc) is 2.18. The molecule has 0 aliphatic rings. The second-order valence-corrected chi connectivity index (χ2v) is 2.97. The van der Waals surface area contributed by atoms with Gasteiger partial charge in [0.25, 0.3) is 5.91 Å². The summed E-state index contributed by atoms with van der Waals surface area (Å²) in [6.45, 7) is 1.25. The molecule has 5 nitrogen and oxygen atoms in total. The summed E-state index contributed by atoms with van der Waals surface area (Å²) in [5.41, 5.74) is 5.56. The van der Waals surface area contributed by atoms with Crippen LogP contribution in [0.5, 0.6) is 0 Å². The van der Waals surface area contributed by atoms with E-state index in [1.54, 1.807) is 24.3 Å². The molecule has 1 atom stereocenters. The zero-order valence-electron chi connectivity index (χ0n) is 8.25. The van der Waals surface area contributed by atoms with Gasteiger partial charge in [0.1, 0.15) is 0 Å². The second-order valence-electron chi connectivity index (χ2n) is 2.97. The molecule has 1 aromatic carbocycles.